The van der Waals surface area contributed by atoms with Crippen LogP contribution in [-0.4, -0.2) is 15.8 Å². The number of nitrogens with zero attached hydrogens (tertiary/aromatic N) is 2. The molecule has 5 heteroatoms. The molecular formula is C16H12N2O3. The lowest BCUT2D eigenvalue weighted by atomic mass is 10.1. The third kappa shape index (κ3) is 2.29. The molecule has 0 amide bonds. The first-order valence-corrected chi connectivity index (χ1v) is 6.46. The van der Waals surface area contributed by atoms with E-state index in [1.54, 1.807) is 24.3 Å². The fraction of sp³-hybridized carbons (Fsp3) is 0.0625. The number of nitro groups is 1. The maximum Gasteiger partial charge on any atom is 0.274 e. The van der Waals surface area contributed by atoms with Crippen molar-refractivity contribution in [2.75, 3.05) is 0 Å². The second kappa shape index (κ2) is 5.20. The summed E-state index contributed by atoms with van der Waals surface area (Å²) in [5.41, 5.74) is 2.24. The van der Waals surface area contributed by atoms with Gasteiger partial charge in [-0.05, 0) is 12.1 Å². The van der Waals surface area contributed by atoms with Crippen LogP contribution in [0.3, 0.4) is 0 Å². The molecule has 5 nitrogen and oxygen atoms in total. The number of aldehydes is 1. The highest BCUT2D eigenvalue weighted by Gasteiger charge is 2.13. The van der Waals surface area contributed by atoms with Crippen LogP contribution in [0.25, 0.3) is 10.9 Å². The Balaban J connectivity index is 2.07. The molecule has 2 aromatic carbocycles. The Hall–Kier alpha value is -2.95. The van der Waals surface area contributed by atoms with Crippen LogP contribution in [0.1, 0.15) is 15.9 Å². The van der Waals surface area contributed by atoms with E-state index < -0.39 is 0 Å². The average Bonchev–Trinajstić information content (AvgIpc) is 2.91. The minimum absolute atomic E-state index is 0.103. The van der Waals surface area contributed by atoms with Gasteiger partial charge in [0.1, 0.15) is 0 Å². The summed E-state index contributed by atoms with van der Waals surface area (Å²) in [4.78, 5) is 21.7. The van der Waals surface area contributed by atoms with E-state index in [9.17, 15) is 14.9 Å². The lowest BCUT2D eigenvalue weighted by molar-refractivity contribution is -0.385. The highest BCUT2D eigenvalue weighted by Crippen LogP contribution is 2.23. The average molecular weight is 280 g/mol. The molecule has 0 spiro atoms. The number of carbonyl (C=O) groups excluding carboxylic acids is 1. The summed E-state index contributed by atoms with van der Waals surface area (Å²) in [6.07, 6.45) is 2.66. The number of fused-ring (bicyclic) bond motifs is 1. The summed E-state index contributed by atoms with van der Waals surface area (Å²) in [5, 5.41) is 11.9. The maximum atomic E-state index is 11.1. The van der Waals surface area contributed by atoms with Gasteiger partial charge < -0.3 is 4.57 Å². The molecule has 0 atom stereocenters. The van der Waals surface area contributed by atoms with Gasteiger partial charge in [-0.3, -0.25) is 14.9 Å². The number of para-hydroxylation sites is 1. The predicted octanol–water partition coefficient (Wildman–Crippen LogP) is 3.41. The zero-order chi connectivity index (χ0) is 14.8. The fourth-order valence-electron chi connectivity index (χ4n) is 2.49. The molecule has 0 radical (unpaired) electrons. The summed E-state index contributed by atoms with van der Waals surface area (Å²) in [7, 11) is 0. The van der Waals surface area contributed by atoms with Crippen LogP contribution in [0.4, 0.5) is 5.69 Å². The Morgan fingerprint density at radius 3 is 2.67 bits per heavy atom. The monoisotopic (exact) mass is 280 g/mol. The van der Waals surface area contributed by atoms with Crippen molar-refractivity contribution in [2.24, 2.45) is 0 Å². The summed E-state index contributed by atoms with van der Waals surface area (Å²) in [6.45, 7) is 0.392. The number of hydrogen-bond acceptors (Lipinski definition) is 3. The number of nitro benzene ring substituents is 1. The van der Waals surface area contributed by atoms with Crippen LogP contribution >= 0.6 is 0 Å². The van der Waals surface area contributed by atoms with Gasteiger partial charge in [-0.25, -0.2) is 0 Å². The van der Waals surface area contributed by atoms with Gasteiger partial charge >= 0.3 is 0 Å². The summed E-state index contributed by atoms with van der Waals surface area (Å²) in [5.74, 6) is 0. The molecule has 0 bridgehead atoms. The van der Waals surface area contributed by atoms with Crippen molar-refractivity contribution in [3.8, 4) is 0 Å². The topological polar surface area (TPSA) is 65.1 Å². The van der Waals surface area contributed by atoms with Crippen molar-refractivity contribution in [1.82, 2.24) is 4.57 Å². The fourth-order valence-corrected chi connectivity index (χ4v) is 2.49. The van der Waals surface area contributed by atoms with Gasteiger partial charge in [-0.2, -0.15) is 0 Å². The molecule has 21 heavy (non-hydrogen) atoms. The number of aromatic nitrogens is 1. The molecule has 3 rings (SSSR count). The van der Waals surface area contributed by atoms with Crippen molar-refractivity contribution in [3.05, 3.63) is 76.0 Å². The van der Waals surface area contributed by atoms with E-state index in [-0.39, 0.29) is 10.6 Å². The third-order valence-electron chi connectivity index (χ3n) is 3.50. The minimum atomic E-state index is -0.377. The van der Waals surface area contributed by atoms with E-state index in [4.69, 9.17) is 0 Å². The van der Waals surface area contributed by atoms with Gasteiger partial charge in [0.05, 0.1) is 11.5 Å². The summed E-state index contributed by atoms with van der Waals surface area (Å²) < 4.78 is 1.91. The smallest absolute Gasteiger partial charge is 0.274 e. The van der Waals surface area contributed by atoms with Crippen molar-refractivity contribution in [3.63, 3.8) is 0 Å². The van der Waals surface area contributed by atoms with Crippen LogP contribution in [0, 0.1) is 10.1 Å². The van der Waals surface area contributed by atoms with Gasteiger partial charge in [-0.1, -0.05) is 30.3 Å². The van der Waals surface area contributed by atoms with Crippen LogP contribution in [0.15, 0.2) is 54.7 Å². The first kappa shape index (κ1) is 13.1. The van der Waals surface area contributed by atoms with Gasteiger partial charge in [0.2, 0.25) is 0 Å². The maximum absolute atomic E-state index is 11.1. The van der Waals surface area contributed by atoms with E-state index in [1.807, 2.05) is 29.0 Å². The molecule has 3 aromatic rings. The molecule has 0 aliphatic rings. The number of benzene rings is 2. The quantitative estimate of drug-likeness (QED) is 0.418. The molecule has 0 saturated heterocycles. The molecule has 1 heterocycles. The van der Waals surface area contributed by atoms with Gasteiger partial charge in [-0.15, -0.1) is 0 Å². The van der Waals surface area contributed by atoms with Crippen LogP contribution in [-0.2, 0) is 6.54 Å². The van der Waals surface area contributed by atoms with Crippen molar-refractivity contribution in [1.29, 1.82) is 0 Å². The lowest BCUT2D eigenvalue weighted by Gasteiger charge is -2.06. The van der Waals surface area contributed by atoms with Crippen LogP contribution in [0.2, 0.25) is 0 Å². The Labute approximate surface area is 120 Å². The first-order valence-electron chi connectivity index (χ1n) is 6.46. The highest BCUT2D eigenvalue weighted by atomic mass is 16.6. The van der Waals surface area contributed by atoms with Gasteiger partial charge in [0.25, 0.3) is 5.69 Å². The highest BCUT2D eigenvalue weighted by molar-refractivity contribution is 5.97. The van der Waals surface area contributed by atoms with Crippen molar-refractivity contribution in [2.45, 2.75) is 6.54 Å². The number of carbonyl (C=O) groups is 1. The van der Waals surface area contributed by atoms with Gasteiger partial charge in [0, 0.05) is 34.3 Å². The minimum Gasteiger partial charge on any atom is -0.343 e. The van der Waals surface area contributed by atoms with E-state index in [0.29, 0.717) is 17.7 Å². The standard InChI is InChI=1S/C16H12N2O3/c19-11-13-5-3-7-16-14(13)8-9-17(16)10-12-4-1-2-6-15(12)18(20)21/h1-9,11H,10H2. The molecule has 0 unspecified atom stereocenters. The number of rotatable bonds is 4. The molecule has 0 N–H and O–H groups in total. The van der Waals surface area contributed by atoms with Crippen LogP contribution in [0.5, 0.6) is 0 Å². The molecule has 0 fully saturated rings. The second-order valence-electron chi connectivity index (χ2n) is 4.73. The molecular weight excluding hydrogens is 268 g/mol. The molecule has 0 aliphatic carbocycles. The Morgan fingerprint density at radius 1 is 1.10 bits per heavy atom. The third-order valence-corrected chi connectivity index (χ3v) is 3.50. The molecule has 104 valence electrons. The summed E-state index contributed by atoms with van der Waals surface area (Å²) in [6, 6.07) is 14.0. The van der Waals surface area contributed by atoms with Crippen LogP contribution < -0.4 is 0 Å². The Bertz CT molecular complexity index is 836. The van der Waals surface area contributed by atoms with E-state index in [0.717, 1.165) is 17.2 Å². The van der Waals surface area contributed by atoms with Gasteiger partial charge in [0.15, 0.2) is 6.29 Å². The zero-order valence-corrected chi connectivity index (χ0v) is 11.1. The molecule has 1 aromatic heterocycles. The second-order valence-corrected chi connectivity index (χ2v) is 4.73. The first-order chi connectivity index (χ1) is 10.2. The zero-order valence-electron chi connectivity index (χ0n) is 11.1. The SMILES string of the molecule is O=Cc1cccc2c1ccn2Cc1ccccc1[N+](=O)[O-]. The molecule has 0 saturated carbocycles. The summed E-state index contributed by atoms with van der Waals surface area (Å²) >= 11 is 0. The number of hydrogen-bond donors (Lipinski definition) is 0. The predicted molar refractivity (Wildman–Crippen MR) is 79.5 cm³/mol. The van der Waals surface area contributed by atoms with Crippen molar-refractivity contribution < 1.29 is 9.72 Å². The normalized spacial score (nSPS) is 10.7. The van der Waals surface area contributed by atoms with Crippen molar-refractivity contribution >= 4 is 22.9 Å². The molecule has 0 aliphatic heterocycles. The van der Waals surface area contributed by atoms with E-state index in [2.05, 4.69) is 0 Å². The lowest BCUT2D eigenvalue weighted by Crippen LogP contribution is -2.02. The van der Waals surface area contributed by atoms with E-state index in [1.165, 1.54) is 6.07 Å². The Kier molecular flexibility index (Phi) is 3.23. The largest absolute Gasteiger partial charge is 0.343 e. The van der Waals surface area contributed by atoms with E-state index >= 15 is 0 Å². The Morgan fingerprint density at radius 2 is 1.90 bits per heavy atom.